The molecule has 22 heavy (non-hydrogen) atoms. The van der Waals surface area contributed by atoms with Gasteiger partial charge in [-0.1, -0.05) is 0 Å². The van der Waals surface area contributed by atoms with E-state index in [2.05, 4.69) is 20.5 Å². The van der Waals surface area contributed by atoms with Crippen LogP contribution in [-0.2, 0) is 11.3 Å². The molecule has 1 unspecified atom stereocenters. The number of rotatable bonds is 5. The molecular formula is C15H18F2N4O. The zero-order valence-corrected chi connectivity index (χ0v) is 12.1. The summed E-state index contributed by atoms with van der Waals surface area (Å²) in [6.45, 7) is 0.912. The number of pyridine rings is 1. The van der Waals surface area contributed by atoms with Gasteiger partial charge < -0.3 is 10.1 Å². The van der Waals surface area contributed by atoms with Gasteiger partial charge in [-0.15, -0.1) is 0 Å². The van der Waals surface area contributed by atoms with Crippen molar-refractivity contribution >= 4 is 0 Å². The molecule has 1 atom stereocenters. The van der Waals surface area contributed by atoms with Crippen LogP contribution in [0, 0.1) is 5.92 Å². The van der Waals surface area contributed by atoms with Crippen LogP contribution in [0.2, 0.25) is 0 Å². The first kappa shape index (κ1) is 15.1. The molecular weight excluding hydrogens is 290 g/mol. The third-order valence-electron chi connectivity index (χ3n) is 3.87. The molecule has 0 amide bonds. The molecule has 1 aliphatic rings. The highest BCUT2D eigenvalue weighted by molar-refractivity contribution is 5.61. The molecule has 7 heteroatoms. The van der Waals surface area contributed by atoms with E-state index in [1.807, 2.05) is 12.1 Å². The van der Waals surface area contributed by atoms with Crippen molar-refractivity contribution in [2.75, 3.05) is 19.8 Å². The number of ether oxygens (including phenoxy) is 1. The summed E-state index contributed by atoms with van der Waals surface area (Å²) in [5, 5.41) is 10.0. The maximum Gasteiger partial charge on any atom is 0.256 e. The second-order valence-corrected chi connectivity index (χ2v) is 5.43. The van der Waals surface area contributed by atoms with Crippen LogP contribution in [-0.4, -0.2) is 40.9 Å². The van der Waals surface area contributed by atoms with E-state index >= 15 is 0 Å². The number of aromatic nitrogens is 3. The van der Waals surface area contributed by atoms with E-state index in [0.29, 0.717) is 6.54 Å². The van der Waals surface area contributed by atoms with Crippen molar-refractivity contribution in [1.82, 2.24) is 20.5 Å². The molecule has 2 N–H and O–H groups in total. The van der Waals surface area contributed by atoms with Crippen LogP contribution >= 0.6 is 0 Å². The van der Waals surface area contributed by atoms with Gasteiger partial charge in [0.1, 0.15) is 0 Å². The van der Waals surface area contributed by atoms with E-state index in [0.717, 1.165) is 16.8 Å². The lowest BCUT2D eigenvalue weighted by molar-refractivity contribution is -0.139. The molecule has 3 rings (SSSR count). The van der Waals surface area contributed by atoms with Gasteiger partial charge in [-0.25, -0.2) is 8.78 Å². The van der Waals surface area contributed by atoms with E-state index in [-0.39, 0.29) is 26.2 Å². The molecule has 0 spiro atoms. The fourth-order valence-electron chi connectivity index (χ4n) is 2.55. The summed E-state index contributed by atoms with van der Waals surface area (Å²) in [5.41, 5.74) is 2.70. The minimum atomic E-state index is -2.66. The van der Waals surface area contributed by atoms with E-state index in [4.69, 9.17) is 4.74 Å². The van der Waals surface area contributed by atoms with Gasteiger partial charge in [0.05, 0.1) is 31.0 Å². The van der Waals surface area contributed by atoms with Crippen LogP contribution in [0.1, 0.15) is 12.0 Å². The van der Waals surface area contributed by atoms with Gasteiger partial charge in [-0.05, 0) is 12.1 Å². The second kappa shape index (κ2) is 6.50. The predicted molar refractivity (Wildman–Crippen MR) is 77.4 cm³/mol. The Bertz CT molecular complexity index is 603. The number of nitrogens with zero attached hydrogens (tertiary/aromatic N) is 2. The predicted octanol–water partition coefficient (Wildman–Crippen LogP) is 2.23. The topological polar surface area (TPSA) is 62.8 Å². The average molecular weight is 308 g/mol. The van der Waals surface area contributed by atoms with E-state index in [1.54, 1.807) is 18.6 Å². The molecule has 2 aromatic heterocycles. The third-order valence-corrected chi connectivity index (χ3v) is 3.87. The maximum absolute atomic E-state index is 13.7. The van der Waals surface area contributed by atoms with Crippen LogP contribution < -0.4 is 5.32 Å². The first-order chi connectivity index (χ1) is 10.7. The van der Waals surface area contributed by atoms with E-state index in [1.165, 1.54) is 0 Å². The highest BCUT2D eigenvalue weighted by Gasteiger charge is 2.41. The first-order valence-corrected chi connectivity index (χ1v) is 7.26. The number of aromatic amines is 1. The number of hydrogen-bond acceptors (Lipinski definition) is 4. The number of hydrogen-bond donors (Lipinski definition) is 2. The Labute approximate surface area is 127 Å². The average Bonchev–Trinajstić information content (AvgIpc) is 2.98. The SMILES string of the molecule is FC1(F)CCOCC1CNCc1cn[nH]c1-c1cccnc1. The molecule has 2 aromatic rings. The molecule has 1 saturated heterocycles. The Morgan fingerprint density at radius 3 is 3.09 bits per heavy atom. The number of nitrogens with one attached hydrogen (secondary N) is 2. The van der Waals surface area contributed by atoms with Gasteiger partial charge in [-0.2, -0.15) is 5.10 Å². The normalized spacial score (nSPS) is 20.9. The van der Waals surface area contributed by atoms with Gasteiger partial charge >= 0.3 is 0 Å². The monoisotopic (exact) mass is 308 g/mol. The molecule has 1 aliphatic heterocycles. The molecule has 5 nitrogen and oxygen atoms in total. The van der Waals surface area contributed by atoms with Crippen LogP contribution in [0.25, 0.3) is 11.3 Å². The highest BCUT2D eigenvalue weighted by atomic mass is 19.3. The van der Waals surface area contributed by atoms with Crippen molar-refractivity contribution in [1.29, 1.82) is 0 Å². The Balaban J connectivity index is 1.60. The second-order valence-electron chi connectivity index (χ2n) is 5.43. The van der Waals surface area contributed by atoms with Gasteiger partial charge in [-0.3, -0.25) is 10.1 Å². The van der Waals surface area contributed by atoms with Gasteiger partial charge in [0.15, 0.2) is 0 Å². The molecule has 0 radical (unpaired) electrons. The minimum Gasteiger partial charge on any atom is -0.381 e. The van der Waals surface area contributed by atoms with Crippen LogP contribution in [0.3, 0.4) is 0 Å². The van der Waals surface area contributed by atoms with Gasteiger partial charge in [0.25, 0.3) is 5.92 Å². The zero-order valence-electron chi connectivity index (χ0n) is 12.1. The summed E-state index contributed by atoms with van der Waals surface area (Å²) >= 11 is 0. The van der Waals surface area contributed by atoms with Crippen LogP contribution in [0.15, 0.2) is 30.7 Å². The number of H-pyrrole nitrogens is 1. The lowest BCUT2D eigenvalue weighted by Crippen LogP contribution is -2.43. The summed E-state index contributed by atoms with van der Waals surface area (Å²) < 4.78 is 32.6. The maximum atomic E-state index is 13.7. The van der Waals surface area contributed by atoms with E-state index in [9.17, 15) is 8.78 Å². The first-order valence-electron chi connectivity index (χ1n) is 7.26. The van der Waals surface area contributed by atoms with Crippen LogP contribution in [0.4, 0.5) is 8.78 Å². The molecule has 3 heterocycles. The number of halogens is 2. The van der Waals surface area contributed by atoms with Crippen molar-refractivity contribution in [3.05, 3.63) is 36.3 Å². The summed E-state index contributed by atoms with van der Waals surface area (Å²) in [5.74, 6) is -3.44. The number of alkyl halides is 2. The zero-order chi connectivity index (χ0) is 15.4. The Morgan fingerprint density at radius 1 is 1.41 bits per heavy atom. The standard InChI is InChI=1S/C15H18F2N4O/c16-15(17)3-5-22-10-13(15)9-19-7-12-8-20-21-14(12)11-2-1-4-18-6-11/h1-2,4,6,8,13,19H,3,5,7,9-10H2,(H,20,21). The molecule has 0 bridgehead atoms. The largest absolute Gasteiger partial charge is 0.381 e. The fourth-order valence-corrected chi connectivity index (χ4v) is 2.55. The van der Waals surface area contributed by atoms with Gasteiger partial charge in [0, 0.05) is 43.0 Å². The van der Waals surface area contributed by atoms with Crippen molar-refractivity contribution < 1.29 is 13.5 Å². The summed E-state index contributed by atoms with van der Waals surface area (Å²) in [7, 11) is 0. The summed E-state index contributed by atoms with van der Waals surface area (Å²) in [6, 6.07) is 3.76. The van der Waals surface area contributed by atoms with Crippen molar-refractivity contribution in [2.24, 2.45) is 5.92 Å². The summed E-state index contributed by atoms with van der Waals surface area (Å²) in [6.07, 6.45) is 4.93. The molecule has 0 aromatic carbocycles. The Kier molecular flexibility index (Phi) is 4.44. The quantitative estimate of drug-likeness (QED) is 0.889. The lowest BCUT2D eigenvalue weighted by Gasteiger charge is -2.31. The molecule has 0 aliphatic carbocycles. The van der Waals surface area contributed by atoms with Crippen molar-refractivity contribution in [3.63, 3.8) is 0 Å². The molecule has 1 fully saturated rings. The molecule has 118 valence electrons. The van der Waals surface area contributed by atoms with Crippen LogP contribution in [0.5, 0.6) is 0 Å². The third kappa shape index (κ3) is 3.31. The molecule has 0 saturated carbocycles. The Morgan fingerprint density at radius 2 is 2.32 bits per heavy atom. The summed E-state index contributed by atoms with van der Waals surface area (Å²) in [4.78, 5) is 4.07. The van der Waals surface area contributed by atoms with Gasteiger partial charge in [0.2, 0.25) is 0 Å². The van der Waals surface area contributed by atoms with Crippen molar-refractivity contribution in [3.8, 4) is 11.3 Å². The van der Waals surface area contributed by atoms with Crippen molar-refractivity contribution in [2.45, 2.75) is 18.9 Å². The van der Waals surface area contributed by atoms with E-state index < -0.39 is 11.8 Å². The highest BCUT2D eigenvalue weighted by Crippen LogP contribution is 2.31. The fraction of sp³-hybridized carbons (Fsp3) is 0.467. The minimum absolute atomic E-state index is 0.0981. The smallest absolute Gasteiger partial charge is 0.256 e. The lowest BCUT2D eigenvalue weighted by atomic mass is 9.97. The Hall–Kier alpha value is -1.86.